The molecule has 0 spiro atoms. The van der Waals surface area contributed by atoms with Crippen LogP contribution in [0.2, 0.25) is 0 Å². The van der Waals surface area contributed by atoms with Crippen LogP contribution in [0, 0.1) is 0 Å². The molecular formula is C18H19F3N4O. The van der Waals surface area contributed by atoms with Crippen LogP contribution < -0.4 is 5.32 Å². The van der Waals surface area contributed by atoms with Crippen molar-refractivity contribution in [2.75, 3.05) is 18.4 Å². The maximum atomic E-state index is 12.8. The van der Waals surface area contributed by atoms with Crippen LogP contribution in [-0.2, 0) is 6.18 Å². The lowest BCUT2D eigenvalue weighted by atomic mass is 10.2. The van der Waals surface area contributed by atoms with Crippen LogP contribution in [0.1, 0.15) is 41.7 Å². The van der Waals surface area contributed by atoms with Crippen LogP contribution in [0.4, 0.5) is 24.7 Å². The number of anilines is 2. The van der Waals surface area contributed by atoms with Gasteiger partial charge in [0.25, 0.3) is 5.91 Å². The lowest BCUT2D eigenvalue weighted by Gasteiger charge is -2.19. The number of alkyl halides is 3. The van der Waals surface area contributed by atoms with E-state index in [9.17, 15) is 18.0 Å². The number of carbonyl (C=O) groups is 1. The van der Waals surface area contributed by atoms with Crippen LogP contribution in [0.3, 0.4) is 0 Å². The highest BCUT2D eigenvalue weighted by atomic mass is 19.4. The highest BCUT2D eigenvalue weighted by molar-refractivity contribution is 5.92. The first-order valence-electron chi connectivity index (χ1n) is 8.49. The van der Waals surface area contributed by atoms with Gasteiger partial charge in [-0.15, -0.1) is 0 Å². The van der Waals surface area contributed by atoms with Crippen molar-refractivity contribution in [3.63, 3.8) is 0 Å². The van der Waals surface area contributed by atoms with Gasteiger partial charge in [-0.1, -0.05) is 18.9 Å². The van der Waals surface area contributed by atoms with Crippen LogP contribution >= 0.6 is 0 Å². The standard InChI is InChI=1S/C18H19F3N4O/c19-18(20,21)13-6-5-7-14(10-13)24-16-12-22-15(11-23-16)17(26)25-8-3-1-2-4-9-25/h5-7,10-12H,1-4,8-9H2,(H,23,24). The lowest BCUT2D eigenvalue weighted by Crippen LogP contribution is -2.32. The van der Waals surface area contributed by atoms with Gasteiger partial charge in [0, 0.05) is 18.8 Å². The molecule has 138 valence electrons. The van der Waals surface area contributed by atoms with Gasteiger partial charge in [-0.05, 0) is 31.0 Å². The van der Waals surface area contributed by atoms with Gasteiger partial charge in [-0.25, -0.2) is 9.97 Å². The second-order valence-electron chi connectivity index (χ2n) is 6.20. The Morgan fingerprint density at radius 3 is 2.38 bits per heavy atom. The monoisotopic (exact) mass is 364 g/mol. The summed E-state index contributed by atoms with van der Waals surface area (Å²) in [6.45, 7) is 1.43. The number of benzene rings is 1. The molecule has 8 heteroatoms. The van der Waals surface area contributed by atoms with E-state index in [1.165, 1.54) is 24.5 Å². The van der Waals surface area contributed by atoms with Crippen molar-refractivity contribution in [3.8, 4) is 0 Å². The summed E-state index contributed by atoms with van der Waals surface area (Å²) in [6, 6.07) is 4.82. The summed E-state index contributed by atoms with van der Waals surface area (Å²) in [5.74, 6) is 0.113. The Bertz CT molecular complexity index is 754. The quantitative estimate of drug-likeness (QED) is 0.884. The Hall–Kier alpha value is -2.64. The Morgan fingerprint density at radius 1 is 1.04 bits per heavy atom. The van der Waals surface area contributed by atoms with Gasteiger partial charge in [-0.2, -0.15) is 13.2 Å². The molecular weight excluding hydrogens is 345 g/mol. The summed E-state index contributed by atoms with van der Waals surface area (Å²) in [5.41, 5.74) is -0.259. The van der Waals surface area contributed by atoms with Crippen molar-refractivity contribution >= 4 is 17.4 Å². The van der Waals surface area contributed by atoms with Crippen LogP contribution in [0.5, 0.6) is 0 Å². The molecule has 3 rings (SSSR count). The molecule has 5 nitrogen and oxygen atoms in total. The number of nitrogens with one attached hydrogen (secondary N) is 1. The zero-order chi connectivity index (χ0) is 18.6. The summed E-state index contributed by atoms with van der Waals surface area (Å²) >= 11 is 0. The highest BCUT2D eigenvalue weighted by Gasteiger charge is 2.30. The molecule has 0 saturated carbocycles. The number of likely N-dealkylation sites (tertiary alicyclic amines) is 1. The first kappa shape index (κ1) is 18.2. The van der Waals surface area contributed by atoms with E-state index in [1.807, 2.05) is 0 Å². The lowest BCUT2D eigenvalue weighted by molar-refractivity contribution is -0.137. The van der Waals surface area contributed by atoms with Gasteiger partial charge in [0.05, 0.1) is 18.0 Å². The fourth-order valence-corrected chi connectivity index (χ4v) is 2.86. The average Bonchev–Trinajstić information content (AvgIpc) is 2.91. The minimum atomic E-state index is -4.41. The Labute approximate surface area is 149 Å². The zero-order valence-corrected chi connectivity index (χ0v) is 14.1. The zero-order valence-electron chi connectivity index (χ0n) is 14.1. The molecule has 0 atom stereocenters. The summed E-state index contributed by atoms with van der Waals surface area (Å²) in [5, 5.41) is 2.77. The normalized spacial score (nSPS) is 15.4. The maximum Gasteiger partial charge on any atom is 0.416 e. The molecule has 1 aromatic heterocycles. The molecule has 1 saturated heterocycles. The van der Waals surface area contributed by atoms with Gasteiger partial charge in [-0.3, -0.25) is 4.79 Å². The molecule has 1 aliphatic heterocycles. The van der Waals surface area contributed by atoms with Gasteiger partial charge in [0.15, 0.2) is 0 Å². The van der Waals surface area contributed by atoms with Crippen LogP contribution in [-0.4, -0.2) is 33.9 Å². The van der Waals surface area contributed by atoms with Gasteiger partial charge in [0.2, 0.25) is 0 Å². The summed E-state index contributed by atoms with van der Waals surface area (Å²) in [6.07, 6.45) is 2.49. The predicted octanol–water partition coefficient (Wildman–Crippen LogP) is 4.26. The third kappa shape index (κ3) is 4.50. The number of nitrogens with zero attached hydrogens (tertiary/aromatic N) is 3. The third-order valence-electron chi connectivity index (χ3n) is 4.23. The molecule has 0 bridgehead atoms. The molecule has 1 N–H and O–H groups in total. The molecule has 0 unspecified atom stereocenters. The number of aromatic nitrogens is 2. The second kappa shape index (κ2) is 7.72. The molecule has 0 radical (unpaired) electrons. The maximum absolute atomic E-state index is 12.8. The number of carbonyl (C=O) groups excluding carboxylic acids is 1. The van der Waals surface area contributed by atoms with E-state index in [-0.39, 0.29) is 23.1 Å². The van der Waals surface area contributed by atoms with Crippen LogP contribution in [0.25, 0.3) is 0 Å². The molecule has 1 aromatic carbocycles. The van der Waals surface area contributed by atoms with Crippen molar-refractivity contribution in [1.82, 2.24) is 14.9 Å². The third-order valence-corrected chi connectivity index (χ3v) is 4.23. The molecule has 26 heavy (non-hydrogen) atoms. The molecule has 1 fully saturated rings. The number of rotatable bonds is 3. The number of amides is 1. The van der Waals surface area contributed by atoms with E-state index in [0.717, 1.165) is 37.8 Å². The van der Waals surface area contributed by atoms with Crippen molar-refractivity contribution in [2.24, 2.45) is 0 Å². The van der Waals surface area contributed by atoms with E-state index < -0.39 is 11.7 Å². The van der Waals surface area contributed by atoms with Crippen LogP contribution in [0.15, 0.2) is 36.7 Å². The van der Waals surface area contributed by atoms with Gasteiger partial charge >= 0.3 is 6.18 Å². The Balaban J connectivity index is 1.69. The smallest absolute Gasteiger partial charge is 0.339 e. The SMILES string of the molecule is O=C(c1cnc(Nc2cccc(C(F)(F)F)c2)cn1)N1CCCCCC1. The van der Waals surface area contributed by atoms with E-state index in [0.29, 0.717) is 13.1 Å². The molecule has 1 aliphatic rings. The summed E-state index contributed by atoms with van der Waals surface area (Å²) in [4.78, 5) is 22.4. The van der Waals surface area contributed by atoms with E-state index in [2.05, 4.69) is 15.3 Å². The van der Waals surface area contributed by atoms with Crippen molar-refractivity contribution in [3.05, 3.63) is 47.9 Å². The number of halogens is 3. The molecule has 2 heterocycles. The first-order valence-corrected chi connectivity index (χ1v) is 8.49. The molecule has 1 amide bonds. The fraction of sp³-hybridized carbons (Fsp3) is 0.389. The highest BCUT2D eigenvalue weighted by Crippen LogP contribution is 2.31. The average molecular weight is 364 g/mol. The van der Waals surface area contributed by atoms with E-state index in [1.54, 1.807) is 4.90 Å². The van der Waals surface area contributed by atoms with Gasteiger partial charge < -0.3 is 10.2 Å². The first-order chi connectivity index (χ1) is 12.4. The van der Waals surface area contributed by atoms with Crippen molar-refractivity contribution in [1.29, 1.82) is 0 Å². The van der Waals surface area contributed by atoms with E-state index in [4.69, 9.17) is 0 Å². The summed E-state index contributed by atoms with van der Waals surface area (Å²) < 4.78 is 38.3. The summed E-state index contributed by atoms with van der Waals surface area (Å²) in [7, 11) is 0. The largest absolute Gasteiger partial charge is 0.416 e. The topological polar surface area (TPSA) is 58.1 Å². The Morgan fingerprint density at radius 2 is 1.77 bits per heavy atom. The predicted molar refractivity (Wildman–Crippen MR) is 91.1 cm³/mol. The number of hydrogen-bond acceptors (Lipinski definition) is 4. The number of hydrogen-bond donors (Lipinski definition) is 1. The minimum Gasteiger partial charge on any atom is -0.339 e. The van der Waals surface area contributed by atoms with Crippen molar-refractivity contribution in [2.45, 2.75) is 31.9 Å². The second-order valence-corrected chi connectivity index (χ2v) is 6.20. The molecule has 0 aliphatic carbocycles. The fourth-order valence-electron chi connectivity index (χ4n) is 2.86. The Kier molecular flexibility index (Phi) is 5.39. The van der Waals surface area contributed by atoms with E-state index >= 15 is 0 Å². The minimum absolute atomic E-state index is 0.162. The van der Waals surface area contributed by atoms with Gasteiger partial charge in [0.1, 0.15) is 11.5 Å². The van der Waals surface area contributed by atoms with Crippen molar-refractivity contribution < 1.29 is 18.0 Å². The molecule has 2 aromatic rings.